The molecular formula is C16H12N2O3. The van der Waals surface area contributed by atoms with Gasteiger partial charge in [-0.3, -0.25) is 14.5 Å². The Morgan fingerprint density at radius 3 is 2.43 bits per heavy atom. The van der Waals surface area contributed by atoms with Crippen LogP contribution in [0.4, 0.5) is 5.69 Å². The number of nitrogens with zero attached hydrogens (tertiary/aromatic N) is 2. The predicted octanol–water partition coefficient (Wildman–Crippen LogP) is 2.29. The lowest BCUT2D eigenvalue weighted by atomic mass is 10.1. The molecule has 0 saturated carbocycles. The number of benzene rings is 2. The fraction of sp³-hybridized carbons (Fsp3) is 0.0625. The van der Waals surface area contributed by atoms with Crippen molar-refractivity contribution in [3.05, 3.63) is 65.7 Å². The van der Waals surface area contributed by atoms with Crippen LogP contribution in [-0.2, 0) is 4.79 Å². The average molecular weight is 280 g/mol. The van der Waals surface area contributed by atoms with Gasteiger partial charge in [0.2, 0.25) is 0 Å². The van der Waals surface area contributed by atoms with E-state index in [0.29, 0.717) is 11.3 Å². The Labute approximate surface area is 121 Å². The quantitative estimate of drug-likeness (QED) is 0.931. The maximum atomic E-state index is 12.5. The second kappa shape index (κ2) is 6.35. The number of carbonyl (C=O) groups is 2. The standard InChI is InChI=1S/C16H12N2O3/c17-10-12-5-4-6-13(9-12)16(21)18(11-15(19)20)14-7-2-1-3-8-14/h1-9H,11H2,(H,19,20). The average Bonchev–Trinajstić information content (AvgIpc) is 2.52. The van der Waals surface area contributed by atoms with Gasteiger partial charge in [-0.2, -0.15) is 5.26 Å². The first kappa shape index (κ1) is 14.3. The van der Waals surface area contributed by atoms with E-state index >= 15 is 0 Å². The predicted molar refractivity (Wildman–Crippen MR) is 76.9 cm³/mol. The Morgan fingerprint density at radius 2 is 1.81 bits per heavy atom. The van der Waals surface area contributed by atoms with Crippen LogP contribution in [0, 0.1) is 11.3 Å². The molecule has 5 heteroatoms. The first-order chi connectivity index (χ1) is 10.1. The van der Waals surface area contributed by atoms with E-state index in [1.54, 1.807) is 48.5 Å². The SMILES string of the molecule is N#Cc1cccc(C(=O)N(CC(=O)O)c2ccccc2)c1. The highest BCUT2D eigenvalue weighted by Gasteiger charge is 2.20. The van der Waals surface area contributed by atoms with Gasteiger partial charge in [-0.05, 0) is 30.3 Å². The molecule has 0 fully saturated rings. The fourth-order valence-corrected chi connectivity index (χ4v) is 1.90. The van der Waals surface area contributed by atoms with Crippen LogP contribution in [-0.4, -0.2) is 23.5 Å². The van der Waals surface area contributed by atoms with Gasteiger partial charge in [0.25, 0.3) is 5.91 Å². The van der Waals surface area contributed by atoms with Gasteiger partial charge < -0.3 is 5.11 Å². The second-order valence-corrected chi connectivity index (χ2v) is 4.31. The Morgan fingerprint density at radius 1 is 1.10 bits per heavy atom. The minimum absolute atomic E-state index is 0.277. The summed E-state index contributed by atoms with van der Waals surface area (Å²) in [4.78, 5) is 24.7. The van der Waals surface area contributed by atoms with E-state index < -0.39 is 18.4 Å². The molecule has 2 aromatic rings. The Balaban J connectivity index is 2.39. The molecule has 1 amide bonds. The largest absolute Gasteiger partial charge is 0.480 e. The van der Waals surface area contributed by atoms with Crippen LogP contribution >= 0.6 is 0 Å². The maximum Gasteiger partial charge on any atom is 0.323 e. The molecule has 104 valence electrons. The summed E-state index contributed by atoms with van der Waals surface area (Å²) in [5, 5.41) is 17.9. The van der Waals surface area contributed by atoms with Crippen molar-refractivity contribution >= 4 is 17.6 Å². The summed E-state index contributed by atoms with van der Waals surface area (Å²) < 4.78 is 0. The third-order valence-electron chi connectivity index (χ3n) is 2.85. The maximum absolute atomic E-state index is 12.5. The fourth-order valence-electron chi connectivity index (χ4n) is 1.90. The zero-order valence-corrected chi connectivity index (χ0v) is 11.1. The molecule has 0 heterocycles. The van der Waals surface area contributed by atoms with Crippen molar-refractivity contribution in [3.63, 3.8) is 0 Å². The van der Waals surface area contributed by atoms with Crippen molar-refractivity contribution in [1.82, 2.24) is 0 Å². The molecule has 0 aliphatic carbocycles. The van der Waals surface area contributed by atoms with Crippen LogP contribution in [0.1, 0.15) is 15.9 Å². The van der Waals surface area contributed by atoms with E-state index in [9.17, 15) is 9.59 Å². The number of hydrogen-bond acceptors (Lipinski definition) is 3. The molecule has 21 heavy (non-hydrogen) atoms. The van der Waals surface area contributed by atoms with Crippen LogP contribution < -0.4 is 4.90 Å². The van der Waals surface area contributed by atoms with Gasteiger partial charge in [0.15, 0.2) is 0 Å². The van der Waals surface area contributed by atoms with E-state index in [4.69, 9.17) is 10.4 Å². The van der Waals surface area contributed by atoms with Crippen molar-refractivity contribution in [3.8, 4) is 6.07 Å². The second-order valence-electron chi connectivity index (χ2n) is 4.31. The van der Waals surface area contributed by atoms with Crippen molar-refractivity contribution in [2.24, 2.45) is 0 Å². The van der Waals surface area contributed by atoms with E-state index in [-0.39, 0.29) is 5.56 Å². The van der Waals surface area contributed by atoms with Crippen LogP contribution in [0.25, 0.3) is 0 Å². The number of carboxylic acid groups (broad SMARTS) is 1. The first-order valence-corrected chi connectivity index (χ1v) is 6.20. The number of para-hydroxylation sites is 1. The molecule has 0 spiro atoms. The van der Waals surface area contributed by atoms with Gasteiger partial charge in [0, 0.05) is 11.3 Å². The number of aliphatic carboxylic acids is 1. The third-order valence-corrected chi connectivity index (χ3v) is 2.85. The molecule has 0 aromatic heterocycles. The lowest BCUT2D eigenvalue weighted by molar-refractivity contribution is -0.135. The highest BCUT2D eigenvalue weighted by Crippen LogP contribution is 2.17. The number of hydrogen-bond donors (Lipinski definition) is 1. The lowest BCUT2D eigenvalue weighted by Crippen LogP contribution is -2.35. The van der Waals surface area contributed by atoms with Gasteiger partial charge >= 0.3 is 5.97 Å². The van der Waals surface area contributed by atoms with Gasteiger partial charge in [-0.1, -0.05) is 24.3 Å². The van der Waals surface area contributed by atoms with E-state index in [1.807, 2.05) is 6.07 Å². The van der Waals surface area contributed by atoms with Gasteiger partial charge in [0.05, 0.1) is 11.6 Å². The molecule has 2 aromatic carbocycles. The number of rotatable bonds is 4. The minimum atomic E-state index is -1.11. The number of carbonyl (C=O) groups excluding carboxylic acids is 1. The molecule has 5 nitrogen and oxygen atoms in total. The number of carboxylic acids is 1. The normalized spacial score (nSPS) is 9.67. The summed E-state index contributed by atoms with van der Waals surface area (Å²) in [6.45, 7) is -0.445. The smallest absolute Gasteiger partial charge is 0.323 e. The van der Waals surface area contributed by atoms with Gasteiger partial charge in [-0.25, -0.2) is 0 Å². The van der Waals surface area contributed by atoms with Crippen LogP contribution in [0.15, 0.2) is 54.6 Å². The van der Waals surface area contributed by atoms with Gasteiger partial charge in [-0.15, -0.1) is 0 Å². The topological polar surface area (TPSA) is 81.4 Å². The molecule has 1 N–H and O–H groups in total. The van der Waals surface area contributed by atoms with Gasteiger partial charge in [0.1, 0.15) is 6.54 Å². The monoisotopic (exact) mass is 280 g/mol. The van der Waals surface area contributed by atoms with Crippen molar-refractivity contribution in [1.29, 1.82) is 5.26 Å². The summed E-state index contributed by atoms with van der Waals surface area (Å²) >= 11 is 0. The minimum Gasteiger partial charge on any atom is -0.480 e. The van der Waals surface area contributed by atoms with E-state index in [2.05, 4.69) is 0 Å². The molecule has 0 atom stereocenters. The molecule has 0 saturated heterocycles. The molecule has 0 aliphatic rings. The van der Waals surface area contributed by atoms with Crippen LogP contribution in [0.5, 0.6) is 0 Å². The molecule has 0 bridgehead atoms. The Bertz CT molecular complexity index is 705. The molecule has 0 unspecified atom stereocenters. The van der Waals surface area contributed by atoms with E-state index in [0.717, 1.165) is 0 Å². The number of amides is 1. The highest BCUT2D eigenvalue weighted by molar-refractivity contribution is 6.08. The first-order valence-electron chi connectivity index (χ1n) is 6.20. The summed E-state index contributed by atoms with van der Waals surface area (Å²) in [5.41, 5.74) is 1.12. The number of nitriles is 1. The van der Waals surface area contributed by atoms with Crippen molar-refractivity contribution in [2.45, 2.75) is 0 Å². The molecule has 0 radical (unpaired) electrons. The molecule has 2 rings (SSSR count). The Kier molecular flexibility index (Phi) is 4.32. The van der Waals surface area contributed by atoms with E-state index in [1.165, 1.54) is 11.0 Å². The third kappa shape index (κ3) is 3.45. The summed E-state index contributed by atoms with van der Waals surface area (Å²) in [6, 6.07) is 16.7. The summed E-state index contributed by atoms with van der Waals surface area (Å²) in [6.07, 6.45) is 0. The van der Waals surface area contributed by atoms with Crippen molar-refractivity contribution in [2.75, 3.05) is 11.4 Å². The zero-order valence-electron chi connectivity index (χ0n) is 11.1. The zero-order chi connectivity index (χ0) is 15.2. The lowest BCUT2D eigenvalue weighted by Gasteiger charge is -2.21. The Hall–Kier alpha value is -3.13. The van der Waals surface area contributed by atoms with Crippen molar-refractivity contribution < 1.29 is 14.7 Å². The van der Waals surface area contributed by atoms with Crippen LogP contribution in [0.3, 0.4) is 0 Å². The van der Waals surface area contributed by atoms with Crippen LogP contribution in [0.2, 0.25) is 0 Å². The molecular weight excluding hydrogens is 268 g/mol. The highest BCUT2D eigenvalue weighted by atomic mass is 16.4. The number of anilines is 1. The molecule has 0 aliphatic heterocycles. The summed E-state index contributed by atoms with van der Waals surface area (Å²) in [7, 11) is 0. The summed E-state index contributed by atoms with van der Waals surface area (Å²) in [5.74, 6) is -1.57.